The van der Waals surface area contributed by atoms with Crippen molar-refractivity contribution < 1.29 is 23.4 Å². The number of halogens is 2. The molecule has 0 unspecified atom stereocenters. The van der Waals surface area contributed by atoms with Crippen molar-refractivity contribution in [2.24, 2.45) is 0 Å². The molecule has 0 amide bonds. The van der Waals surface area contributed by atoms with Crippen LogP contribution in [0.2, 0.25) is 0 Å². The maximum Gasteiger partial charge on any atom is 0.223 e. The average molecular weight is 537 g/mol. The summed E-state index contributed by atoms with van der Waals surface area (Å²) in [6, 6.07) is 16.8. The highest BCUT2D eigenvalue weighted by Gasteiger charge is 2.25. The zero-order chi connectivity index (χ0) is 26.5. The van der Waals surface area contributed by atoms with Crippen LogP contribution in [0, 0.1) is 5.95 Å². The van der Waals surface area contributed by atoms with E-state index in [1.54, 1.807) is 24.3 Å². The van der Waals surface area contributed by atoms with Crippen LogP contribution in [-0.4, -0.2) is 54.0 Å². The lowest BCUT2D eigenvalue weighted by Gasteiger charge is -2.19. The number of likely N-dealkylation sites (tertiary alicyclic amines) is 1. The predicted octanol–water partition coefficient (Wildman–Crippen LogP) is 7.07. The number of aryl methyl sites for hydroxylation is 1. The fourth-order valence-electron chi connectivity index (χ4n) is 5.52. The van der Waals surface area contributed by atoms with E-state index in [4.69, 9.17) is 9.47 Å². The van der Waals surface area contributed by atoms with Crippen LogP contribution in [0.15, 0.2) is 54.6 Å². The minimum atomic E-state index is -0.552. The minimum Gasteiger partial charge on any atom is -0.508 e. The molecule has 1 aliphatic carbocycles. The third-order valence-electron chi connectivity index (χ3n) is 7.26. The normalized spacial score (nSPS) is 17.4. The lowest BCUT2D eigenvalue weighted by Crippen LogP contribution is -2.26. The number of hydrogen-bond donors (Lipinski definition) is 1. The van der Waals surface area contributed by atoms with Crippen LogP contribution in [0.3, 0.4) is 0 Å². The smallest absolute Gasteiger partial charge is 0.223 e. The monoisotopic (exact) mass is 536 g/mol. The van der Waals surface area contributed by atoms with E-state index in [9.17, 15) is 9.50 Å². The van der Waals surface area contributed by atoms with Crippen LogP contribution < -0.4 is 9.47 Å². The standard InChI is InChI=1S/C31H34F2N2O3.CH4/c1-2-37-29-14-13-28(31(33)34-29)27-6-3-5-22-19-23(36)9-12-26(22)30(27)21-7-10-24(11-8-21)38-25-15-18-35(20-25)17-4-16-32;/h7-14,19,25,36H,2-6,15-18,20H2,1H3;1H4/t25-;/m0./s1. The van der Waals surface area contributed by atoms with Crippen molar-refractivity contribution in [2.75, 3.05) is 32.9 Å². The van der Waals surface area contributed by atoms with Crippen molar-refractivity contribution in [3.63, 3.8) is 0 Å². The Morgan fingerprint density at radius 3 is 2.59 bits per heavy atom. The molecule has 5 rings (SSSR count). The maximum absolute atomic E-state index is 15.3. The van der Waals surface area contributed by atoms with Gasteiger partial charge in [-0.15, -0.1) is 0 Å². The second-order valence-electron chi connectivity index (χ2n) is 9.87. The van der Waals surface area contributed by atoms with E-state index in [0.717, 1.165) is 72.5 Å². The zero-order valence-corrected chi connectivity index (χ0v) is 21.8. The van der Waals surface area contributed by atoms with Crippen LogP contribution >= 0.6 is 0 Å². The van der Waals surface area contributed by atoms with E-state index < -0.39 is 5.95 Å². The van der Waals surface area contributed by atoms with E-state index in [2.05, 4.69) is 9.88 Å². The Labute approximate surface area is 230 Å². The highest BCUT2D eigenvalue weighted by Crippen LogP contribution is 2.41. The lowest BCUT2D eigenvalue weighted by atomic mass is 9.88. The Kier molecular flexibility index (Phi) is 9.57. The molecule has 1 fully saturated rings. The largest absolute Gasteiger partial charge is 0.508 e. The van der Waals surface area contributed by atoms with Gasteiger partial charge in [0, 0.05) is 31.3 Å². The van der Waals surface area contributed by atoms with Crippen LogP contribution in [-0.2, 0) is 6.42 Å². The number of hydrogen-bond acceptors (Lipinski definition) is 5. The molecule has 1 aliphatic heterocycles. The van der Waals surface area contributed by atoms with Gasteiger partial charge >= 0.3 is 0 Å². The third-order valence-corrected chi connectivity index (χ3v) is 7.26. The number of fused-ring (bicyclic) bond motifs is 1. The molecule has 0 bridgehead atoms. The summed E-state index contributed by atoms with van der Waals surface area (Å²) < 4.78 is 39.5. The SMILES string of the molecule is C.CCOc1ccc(C2=C(c3ccc(O[C@H]4CCN(CCCF)C4)cc3)c3ccc(O)cc3CCC2)c(F)n1. The summed E-state index contributed by atoms with van der Waals surface area (Å²) in [7, 11) is 0. The summed E-state index contributed by atoms with van der Waals surface area (Å²) in [6.45, 7) is 4.46. The molecule has 5 nitrogen and oxygen atoms in total. The Morgan fingerprint density at radius 1 is 1.05 bits per heavy atom. The van der Waals surface area contributed by atoms with E-state index >= 15 is 4.39 Å². The number of aromatic nitrogens is 1. The number of phenols is 1. The van der Waals surface area contributed by atoms with Gasteiger partial charge in [-0.05, 0) is 97.2 Å². The molecule has 1 saturated heterocycles. The van der Waals surface area contributed by atoms with Crippen LogP contribution in [0.25, 0.3) is 11.1 Å². The maximum atomic E-state index is 15.3. The van der Waals surface area contributed by atoms with Gasteiger partial charge in [0.2, 0.25) is 11.8 Å². The quantitative estimate of drug-likeness (QED) is 0.297. The Bertz CT molecular complexity index is 1290. The van der Waals surface area contributed by atoms with Crippen molar-refractivity contribution in [3.8, 4) is 17.4 Å². The molecule has 0 spiro atoms. The summed E-state index contributed by atoms with van der Waals surface area (Å²) in [5.74, 6) is 0.721. The van der Waals surface area contributed by atoms with Gasteiger partial charge < -0.3 is 14.6 Å². The van der Waals surface area contributed by atoms with Gasteiger partial charge in [-0.2, -0.15) is 9.37 Å². The highest BCUT2D eigenvalue weighted by atomic mass is 19.1. The molecule has 0 radical (unpaired) electrons. The van der Waals surface area contributed by atoms with E-state index in [-0.39, 0.29) is 31.8 Å². The number of ether oxygens (including phenoxy) is 2. The molecule has 208 valence electrons. The molecule has 1 atom stereocenters. The Morgan fingerprint density at radius 2 is 1.85 bits per heavy atom. The summed E-state index contributed by atoms with van der Waals surface area (Å²) in [5, 5.41) is 10.1. The van der Waals surface area contributed by atoms with Gasteiger partial charge in [0.25, 0.3) is 0 Å². The molecule has 2 aromatic carbocycles. The number of nitrogens with zero attached hydrogens (tertiary/aromatic N) is 2. The van der Waals surface area contributed by atoms with Gasteiger partial charge in [0.1, 0.15) is 17.6 Å². The fraction of sp³-hybridized carbons (Fsp3) is 0.406. The first-order chi connectivity index (χ1) is 18.6. The summed E-state index contributed by atoms with van der Waals surface area (Å²) >= 11 is 0. The Hall–Kier alpha value is -3.45. The van der Waals surface area contributed by atoms with Gasteiger partial charge in [-0.3, -0.25) is 9.29 Å². The topological polar surface area (TPSA) is 54.8 Å². The van der Waals surface area contributed by atoms with E-state index in [1.165, 1.54) is 0 Å². The molecular formula is C32H38F2N2O3. The van der Waals surface area contributed by atoms with E-state index in [1.807, 2.05) is 37.3 Å². The molecular weight excluding hydrogens is 498 g/mol. The molecule has 0 saturated carbocycles. The van der Waals surface area contributed by atoms with Gasteiger partial charge in [-0.25, -0.2) is 0 Å². The number of benzene rings is 2. The summed E-state index contributed by atoms with van der Waals surface area (Å²) in [6.07, 6.45) is 3.84. The van der Waals surface area contributed by atoms with Crippen LogP contribution in [0.5, 0.6) is 17.4 Å². The number of pyridine rings is 1. The highest BCUT2D eigenvalue weighted by molar-refractivity contribution is 6.00. The molecule has 2 heterocycles. The van der Waals surface area contributed by atoms with Crippen LogP contribution in [0.4, 0.5) is 8.78 Å². The second-order valence-corrected chi connectivity index (χ2v) is 9.87. The molecule has 1 N–H and O–H groups in total. The second kappa shape index (κ2) is 13.1. The van der Waals surface area contributed by atoms with Gasteiger partial charge in [-0.1, -0.05) is 25.6 Å². The van der Waals surface area contributed by atoms with Crippen LogP contribution in [0.1, 0.15) is 62.3 Å². The van der Waals surface area contributed by atoms with Gasteiger partial charge in [0.05, 0.1) is 13.3 Å². The van der Waals surface area contributed by atoms with Crippen molar-refractivity contribution >= 4 is 11.1 Å². The molecule has 39 heavy (non-hydrogen) atoms. The summed E-state index contributed by atoms with van der Waals surface area (Å²) in [4.78, 5) is 6.30. The summed E-state index contributed by atoms with van der Waals surface area (Å²) in [5.41, 5.74) is 5.25. The van der Waals surface area contributed by atoms with Crippen molar-refractivity contribution in [2.45, 2.75) is 52.6 Å². The number of rotatable bonds is 9. The molecule has 1 aromatic heterocycles. The first-order valence-electron chi connectivity index (χ1n) is 13.5. The minimum absolute atomic E-state index is 0. The first-order valence-corrected chi connectivity index (χ1v) is 13.5. The average Bonchev–Trinajstić information content (AvgIpc) is 3.27. The first kappa shape index (κ1) is 28.6. The van der Waals surface area contributed by atoms with Gasteiger partial charge in [0.15, 0.2) is 0 Å². The molecule has 2 aliphatic rings. The van der Waals surface area contributed by atoms with Crippen molar-refractivity contribution in [3.05, 3.63) is 82.8 Å². The fourth-order valence-corrected chi connectivity index (χ4v) is 5.52. The number of alkyl halides is 1. The number of aromatic hydroxyl groups is 1. The predicted molar refractivity (Wildman–Crippen MR) is 152 cm³/mol. The van der Waals surface area contributed by atoms with Crippen molar-refractivity contribution in [1.29, 1.82) is 0 Å². The Balaban J connectivity index is 0.00000353. The lowest BCUT2D eigenvalue weighted by molar-refractivity contribution is 0.198. The molecule has 7 heteroatoms. The number of phenolic OH excluding ortho intramolecular Hbond substituents is 1. The van der Waals surface area contributed by atoms with E-state index in [0.29, 0.717) is 25.0 Å². The molecule has 3 aromatic rings. The van der Waals surface area contributed by atoms with Crippen molar-refractivity contribution in [1.82, 2.24) is 9.88 Å². The number of allylic oxidation sites excluding steroid dienone is 1. The zero-order valence-electron chi connectivity index (χ0n) is 21.8. The third kappa shape index (κ3) is 6.59.